The third-order valence-electron chi connectivity index (χ3n) is 3.16. The summed E-state index contributed by atoms with van der Waals surface area (Å²) in [6, 6.07) is 11.4. The molecular weight excluding hydrogens is 394 g/mol. The van der Waals surface area contributed by atoms with E-state index in [0.717, 1.165) is 27.0 Å². The van der Waals surface area contributed by atoms with E-state index in [1.54, 1.807) is 0 Å². The van der Waals surface area contributed by atoms with Gasteiger partial charge in [-0.25, -0.2) is 4.98 Å². The van der Waals surface area contributed by atoms with E-state index in [-0.39, 0.29) is 5.38 Å². The van der Waals surface area contributed by atoms with Crippen LogP contribution in [0.5, 0.6) is 0 Å². The van der Waals surface area contributed by atoms with Crippen molar-refractivity contribution in [2.45, 2.75) is 12.3 Å². The Morgan fingerprint density at radius 2 is 1.90 bits per heavy atom. The zero-order chi connectivity index (χ0) is 15.1. The fourth-order valence-corrected chi connectivity index (χ4v) is 2.97. The minimum Gasteiger partial charge on any atom is -0.295 e. The highest BCUT2D eigenvalue weighted by molar-refractivity contribution is 9.10. The Kier molecular flexibility index (Phi) is 4.19. The number of halogens is 4. The second kappa shape index (κ2) is 5.81. The second-order valence-corrected chi connectivity index (χ2v) is 7.01. The Morgan fingerprint density at radius 1 is 1.14 bits per heavy atom. The lowest BCUT2D eigenvalue weighted by Crippen LogP contribution is -2.01. The van der Waals surface area contributed by atoms with Crippen molar-refractivity contribution in [3.63, 3.8) is 0 Å². The number of fused-ring (bicyclic) bond motifs is 1. The summed E-state index contributed by atoms with van der Waals surface area (Å²) in [5.41, 5.74) is 2.67. The normalized spacial score (nSPS) is 12.8. The molecule has 3 rings (SSSR count). The molecule has 0 aliphatic heterocycles. The largest absolute Gasteiger partial charge is 0.295 e. The van der Waals surface area contributed by atoms with Gasteiger partial charge in [-0.15, -0.1) is 11.6 Å². The van der Waals surface area contributed by atoms with E-state index in [0.29, 0.717) is 10.0 Å². The SMILES string of the molecule is CC(Cl)c1nc2cc(Cl)ccc2n1-c1ccc(Br)c(Cl)c1. The second-order valence-electron chi connectivity index (χ2n) is 4.65. The zero-order valence-electron chi connectivity index (χ0n) is 10.9. The lowest BCUT2D eigenvalue weighted by molar-refractivity contribution is 0.882. The molecule has 0 radical (unpaired) electrons. The minimum atomic E-state index is -0.237. The summed E-state index contributed by atoms with van der Waals surface area (Å²) in [6.07, 6.45) is 0. The molecule has 6 heteroatoms. The number of alkyl halides is 1. The van der Waals surface area contributed by atoms with Crippen LogP contribution in [0, 0.1) is 0 Å². The molecule has 21 heavy (non-hydrogen) atoms. The molecule has 2 nitrogen and oxygen atoms in total. The van der Waals surface area contributed by atoms with Gasteiger partial charge in [0.15, 0.2) is 0 Å². The first-order valence-electron chi connectivity index (χ1n) is 6.25. The molecule has 1 heterocycles. The fourth-order valence-electron chi connectivity index (χ4n) is 2.23. The number of rotatable bonds is 2. The van der Waals surface area contributed by atoms with E-state index >= 15 is 0 Å². The van der Waals surface area contributed by atoms with Gasteiger partial charge in [0.1, 0.15) is 5.82 Å². The van der Waals surface area contributed by atoms with Crippen molar-refractivity contribution >= 4 is 61.8 Å². The van der Waals surface area contributed by atoms with E-state index in [1.165, 1.54) is 0 Å². The van der Waals surface area contributed by atoms with E-state index in [1.807, 2.05) is 47.9 Å². The number of imidazole rings is 1. The fraction of sp³-hybridized carbons (Fsp3) is 0.133. The lowest BCUT2D eigenvalue weighted by Gasteiger charge is -2.11. The first-order valence-corrected chi connectivity index (χ1v) is 8.23. The van der Waals surface area contributed by atoms with E-state index in [2.05, 4.69) is 20.9 Å². The molecule has 0 aliphatic carbocycles. The quantitative estimate of drug-likeness (QED) is 0.452. The third kappa shape index (κ3) is 2.80. The van der Waals surface area contributed by atoms with Gasteiger partial charge in [-0.3, -0.25) is 4.57 Å². The first-order chi connectivity index (χ1) is 9.97. The third-order valence-corrected chi connectivity index (χ3v) is 4.82. The number of hydrogen-bond acceptors (Lipinski definition) is 1. The Bertz CT molecular complexity index is 827. The average Bonchev–Trinajstić information content (AvgIpc) is 2.80. The molecule has 1 aromatic heterocycles. The molecule has 0 spiro atoms. The van der Waals surface area contributed by atoms with Crippen LogP contribution in [0.3, 0.4) is 0 Å². The van der Waals surface area contributed by atoms with Crippen molar-refractivity contribution in [2.24, 2.45) is 0 Å². The predicted molar refractivity (Wildman–Crippen MR) is 93.1 cm³/mol. The molecule has 0 saturated heterocycles. The minimum absolute atomic E-state index is 0.237. The van der Waals surface area contributed by atoms with Crippen molar-refractivity contribution < 1.29 is 0 Å². The van der Waals surface area contributed by atoms with Crippen LogP contribution in [-0.2, 0) is 0 Å². The Morgan fingerprint density at radius 3 is 2.57 bits per heavy atom. The molecule has 1 atom stereocenters. The number of benzene rings is 2. The van der Waals surface area contributed by atoms with Gasteiger partial charge in [0.05, 0.1) is 21.4 Å². The van der Waals surface area contributed by atoms with Gasteiger partial charge in [-0.1, -0.05) is 23.2 Å². The van der Waals surface area contributed by atoms with Gasteiger partial charge in [-0.2, -0.15) is 0 Å². The van der Waals surface area contributed by atoms with Crippen LogP contribution in [0.15, 0.2) is 40.9 Å². The summed E-state index contributed by atoms with van der Waals surface area (Å²) < 4.78 is 2.85. The molecule has 2 aromatic carbocycles. The van der Waals surface area contributed by atoms with E-state index < -0.39 is 0 Å². The lowest BCUT2D eigenvalue weighted by atomic mass is 10.2. The molecular formula is C15H10BrCl3N2. The average molecular weight is 405 g/mol. The molecule has 0 aliphatic rings. The summed E-state index contributed by atoms with van der Waals surface area (Å²) in [5.74, 6) is 0.757. The zero-order valence-corrected chi connectivity index (χ0v) is 14.8. The molecule has 0 amide bonds. The monoisotopic (exact) mass is 402 g/mol. The Balaban J connectivity index is 2.33. The van der Waals surface area contributed by atoms with Gasteiger partial charge < -0.3 is 0 Å². The smallest absolute Gasteiger partial charge is 0.132 e. The highest BCUT2D eigenvalue weighted by Gasteiger charge is 2.17. The maximum absolute atomic E-state index is 6.28. The summed E-state index contributed by atoms with van der Waals surface area (Å²) in [7, 11) is 0. The number of hydrogen-bond donors (Lipinski definition) is 0. The van der Waals surface area contributed by atoms with Gasteiger partial charge in [0.25, 0.3) is 0 Å². The maximum Gasteiger partial charge on any atom is 0.132 e. The summed E-state index contributed by atoms with van der Waals surface area (Å²) in [5, 5.41) is 1.05. The molecule has 0 saturated carbocycles. The summed E-state index contributed by atoms with van der Waals surface area (Å²) in [4.78, 5) is 4.59. The highest BCUT2D eigenvalue weighted by atomic mass is 79.9. The van der Waals surface area contributed by atoms with Crippen LogP contribution < -0.4 is 0 Å². The molecule has 108 valence electrons. The Hall–Kier alpha value is -0.740. The van der Waals surface area contributed by atoms with Crippen LogP contribution in [0.25, 0.3) is 16.7 Å². The molecule has 1 unspecified atom stereocenters. The highest BCUT2D eigenvalue weighted by Crippen LogP contribution is 2.32. The van der Waals surface area contributed by atoms with Gasteiger partial charge in [0.2, 0.25) is 0 Å². The maximum atomic E-state index is 6.28. The predicted octanol–water partition coefficient (Wildman–Crippen LogP) is 6.39. The van der Waals surface area contributed by atoms with Gasteiger partial charge >= 0.3 is 0 Å². The van der Waals surface area contributed by atoms with Crippen molar-refractivity contribution in [3.05, 3.63) is 56.7 Å². The molecule has 0 bridgehead atoms. The molecule has 0 N–H and O–H groups in total. The van der Waals surface area contributed by atoms with Crippen LogP contribution in [0.4, 0.5) is 0 Å². The first kappa shape index (κ1) is 15.2. The van der Waals surface area contributed by atoms with Crippen LogP contribution >= 0.6 is 50.7 Å². The van der Waals surface area contributed by atoms with Gasteiger partial charge in [-0.05, 0) is 59.3 Å². The Labute approximate surface area is 145 Å². The topological polar surface area (TPSA) is 17.8 Å². The van der Waals surface area contributed by atoms with Crippen molar-refractivity contribution in [2.75, 3.05) is 0 Å². The van der Waals surface area contributed by atoms with Crippen LogP contribution in [-0.4, -0.2) is 9.55 Å². The van der Waals surface area contributed by atoms with E-state index in [4.69, 9.17) is 34.8 Å². The van der Waals surface area contributed by atoms with Crippen LogP contribution in [0.2, 0.25) is 10.0 Å². The summed E-state index contributed by atoms with van der Waals surface area (Å²) >= 11 is 21.9. The van der Waals surface area contributed by atoms with Gasteiger partial charge in [0, 0.05) is 15.2 Å². The standard InChI is InChI=1S/C15H10BrCl3N2/c1-8(17)15-20-13-6-9(18)2-5-14(13)21(15)10-3-4-11(16)12(19)7-10/h2-8H,1H3. The van der Waals surface area contributed by atoms with E-state index in [9.17, 15) is 0 Å². The van der Waals surface area contributed by atoms with Crippen LogP contribution in [0.1, 0.15) is 18.1 Å². The number of aromatic nitrogens is 2. The number of nitrogens with zero attached hydrogens (tertiary/aromatic N) is 2. The van der Waals surface area contributed by atoms with Crippen molar-refractivity contribution in [3.8, 4) is 5.69 Å². The van der Waals surface area contributed by atoms with Crippen molar-refractivity contribution in [1.82, 2.24) is 9.55 Å². The molecule has 3 aromatic rings. The van der Waals surface area contributed by atoms with Crippen molar-refractivity contribution in [1.29, 1.82) is 0 Å². The molecule has 0 fully saturated rings. The summed E-state index contributed by atoms with van der Waals surface area (Å²) in [6.45, 7) is 1.89.